The second kappa shape index (κ2) is 11.1. The Kier molecular flexibility index (Phi) is 9.92. The van der Waals surface area contributed by atoms with Gasteiger partial charge in [-0.25, -0.2) is 0 Å². The van der Waals surface area contributed by atoms with Crippen molar-refractivity contribution in [3.63, 3.8) is 0 Å². The van der Waals surface area contributed by atoms with Gasteiger partial charge in [0.2, 0.25) is 0 Å². The fourth-order valence-corrected chi connectivity index (χ4v) is 3.82. The van der Waals surface area contributed by atoms with Gasteiger partial charge < -0.3 is 10.6 Å². The Morgan fingerprint density at radius 3 is 2.65 bits per heavy atom. The van der Waals surface area contributed by atoms with Crippen LogP contribution in [-0.4, -0.2) is 59.4 Å². The van der Waals surface area contributed by atoms with Crippen LogP contribution in [-0.2, 0) is 13.5 Å². The van der Waals surface area contributed by atoms with Gasteiger partial charge in [-0.3, -0.25) is 14.6 Å². The van der Waals surface area contributed by atoms with E-state index in [0.29, 0.717) is 12.1 Å². The number of aliphatic imine (C=N–C) groups is 1. The fourth-order valence-electron chi connectivity index (χ4n) is 3.82. The van der Waals surface area contributed by atoms with E-state index >= 15 is 0 Å². The van der Waals surface area contributed by atoms with Crippen LogP contribution in [0.4, 0.5) is 0 Å². The molecule has 150 valence electrons. The van der Waals surface area contributed by atoms with E-state index in [4.69, 9.17) is 0 Å². The molecule has 0 bridgehead atoms. The quantitative estimate of drug-likeness (QED) is 0.377. The summed E-state index contributed by atoms with van der Waals surface area (Å²) in [7, 11) is 3.86. The van der Waals surface area contributed by atoms with Crippen molar-refractivity contribution < 1.29 is 0 Å². The standard InChI is InChI=1S/C19H36N6.HI/c1-7-25-11-9-8-10-17(25)13-21-19(20-5)22-14(2)12-18-15(3)23-24(6)16(18)4;/h14,17H,7-13H2,1-6H3,(H2,20,21,22);1H. The predicted molar refractivity (Wildman–Crippen MR) is 121 cm³/mol. The summed E-state index contributed by atoms with van der Waals surface area (Å²) in [6.45, 7) is 12.0. The van der Waals surface area contributed by atoms with E-state index in [1.54, 1.807) is 0 Å². The SMILES string of the molecule is CCN1CCCCC1CNC(=NC)NC(C)Cc1c(C)nn(C)c1C.I. The topological polar surface area (TPSA) is 57.5 Å². The lowest BCUT2D eigenvalue weighted by Gasteiger charge is -2.35. The van der Waals surface area contributed by atoms with E-state index in [-0.39, 0.29) is 24.0 Å². The highest BCUT2D eigenvalue weighted by molar-refractivity contribution is 14.0. The van der Waals surface area contributed by atoms with E-state index in [9.17, 15) is 0 Å². The molecule has 1 fully saturated rings. The summed E-state index contributed by atoms with van der Waals surface area (Å²) in [4.78, 5) is 6.99. The second-order valence-electron chi connectivity index (χ2n) is 7.25. The number of nitrogens with one attached hydrogen (secondary N) is 2. The molecule has 2 atom stereocenters. The maximum Gasteiger partial charge on any atom is 0.191 e. The molecule has 0 radical (unpaired) electrons. The van der Waals surface area contributed by atoms with Crippen LogP contribution in [0.2, 0.25) is 0 Å². The number of aromatic nitrogens is 2. The number of guanidine groups is 1. The predicted octanol–water partition coefficient (Wildman–Crippen LogP) is 2.63. The van der Waals surface area contributed by atoms with Crippen molar-refractivity contribution in [3.8, 4) is 0 Å². The van der Waals surface area contributed by atoms with Gasteiger partial charge >= 0.3 is 0 Å². The van der Waals surface area contributed by atoms with Crippen molar-refractivity contribution in [1.29, 1.82) is 0 Å². The summed E-state index contributed by atoms with van der Waals surface area (Å²) in [5, 5.41) is 11.6. The third kappa shape index (κ3) is 6.11. The van der Waals surface area contributed by atoms with Crippen LogP contribution in [0.25, 0.3) is 0 Å². The van der Waals surface area contributed by atoms with Gasteiger partial charge in [-0.05, 0) is 58.7 Å². The number of piperidine rings is 1. The van der Waals surface area contributed by atoms with Crippen LogP contribution >= 0.6 is 24.0 Å². The Balaban J connectivity index is 0.00000338. The molecule has 0 aromatic carbocycles. The van der Waals surface area contributed by atoms with Gasteiger partial charge in [-0.2, -0.15) is 5.10 Å². The van der Waals surface area contributed by atoms with Crippen molar-refractivity contribution >= 4 is 29.9 Å². The minimum absolute atomic E-state index is 0. The second-order valence-corrected chi connectivity index (χ2v) is 7.25. The first kappa shape index (κ1) is 23.2. The molecule has 7 heteroatoms. The first-order valence-electron chi connectivity index (χ1n) is 9.66. The Labute approximate surface area is 176 Å². The Morgan fingerprint density at radius 1 is 1.35 bits per heavy atom. The molecule has 0 saturated carbocycles. The summed E-state index contributed by atoms with van der Waals surface area (Å²) < 4.78 is 1.97. The molecule has 2 rings (SSSR count). The molecule has 6 nitrogen and oxygen atoms in total. The van der Waals surface area contributed by atoms with Crippen LogP contribution in [0.15, 0.2) is 4.99 Å². The largest absolute Gasteiger partial charge is 0.355 e. The van der Waals surface area contributed by atoms with E-state index in [1.807, 2.05) is 18.8 Å². The molecule has 1 saturated heterocycles. The number of aryl methyl sites for hydroxylation is 2. The number of hydrogen-bond acceptors (Lipinski definition) is 3. The summed E-state index contributed by atoms with van der Waals surface area (Å²) in [6.07, 6.45) is 4.90. The zero-order valence-electron chi connectivity index (χ0n) is 17.3. The number of likely N-dealkylation sites (N-methyl/N-ethyl adjacent to an activating group) is 1. The molecule has 26 heavy (non-hydrogen) atoms. The first-order chi connectivity index (χ1) is 12.0. The van der Waals surface area contributed by atoms with Gasteiger partial charge in [0.15, 0.2) is 5.96 Å². The van der Waals surface area contributed by atoms with Gasteiger partial charge in [0.25, 0.3) is 0 Å². The maximum absolute atomic E-state index is 4.52. The number of halogens is 1. The molecule has 2 heterocycles. The third-order valence-electron chi connectivity index (χ3n) is 5.44. The third-order valence-corrected chi connectivity index (χ3v) is 5.44. The van der Waals surface area contributed by atoms with Crippen LogP contribution in [0, 0.1) is 13.8 Å². The van der Waals surface area contributed by atoms with Gasteiger partial charge in [0.05, 0.1) is 5.69 Å². The molecule has 1 aliphatic heterocycles. The molecule has 0 amide bonds. The van der Waals surface area contributed by atoms with Gasteiger partial charge in [0.1, 0.15) is 0 Å². The monoisotopic (exact) mass is 476 g/mol. The highest BCUT2D eigenvalue weighted by atomic mass is 127. The lowest BCUT2D eigenvalue weighted by atomic mass is 10.0. The van der Waals surface area contributed by atoms with E-state index < -0.39 is 0 Å². The minimum atomic E-state index is 0. The molecule has 2 unspecified atom stereocenters. The zero-order valence-corrected chi connectivity index (χ0v) is 19.6. The van der Waals surface area contributed by atoms with Gasteiger partial charge in [0, 0.05) is 38.4 Å². The highest BCUT2D eigenvalue weighted by Gasteiger charge is 2.21. The number of rotatable bonds is 6. The normalized spacial score (nSPS) is 19.8. The molecule has 1 aromatic rings. The molecule has 1 aromatic heterocycles. The van der Waals surface area contributed by atoms with Gasteiger partial charge in [-0.15, -0.1) is 24.0 Å². The highest BCUT2D eigenvalue weighted by Crippen LogP contribution is 2.16. The molecule has 2 N–H and O–H groups in total. The lowest BCUT2D eigenvalue weighted by molar-refractivity contribution is 0.157. The van der Waals surface area contributed by atoms with E-state index in [1.165, 1.54) is 37.1 Å². The van der Waals surface area contributed by atoms with E-state index in [0.717, 1.165) is 31.2 Å². The molecule has 0 aliphatic carbocycles. The van der Waals surface area contributed by atoms with Crippen LogP contribution in [0.3, 0.4) is 0 Å². The van der Waals surface area contributed by atoms with Crippen molar-refractivity contribution in [1.82, 2.24) is 25.3 Å². The Hall–Kier alpha value is -0.830. The summed E-state index contributed by atoms with van der Waals surface area (Å²) in [6, 6.07) is 0.928. The summed E-state index contributed by atoms with van der Waals surface area (Å²) in [5.74, 6) is 0.897. The number of nitrogens with zero attached hydrogens (tertiary/aromatic N) is 4. The molecular weight excluding hydrogens is 439 g/mol. The molecule has 0 spiro atoms. The maximum atomic E-state index is 4.52. The fraction of sp³-hybridized carbons (Fsp3) is 0.789. The average Bonchev–Trinajstić information content (AvgIpc) is 2.85. The van der Waals surface area contributed by atoms with Gasteiger partial charge in [-0.1, -0.05) is 13.3 Å². The van der Waals surface area contributed by atoms with Crippen molar-refractivity contribution in [3.05, 3.63) is 17.0 Å². The van der Waals surface area contributed by atoms with Crippen molar-refractivity contribution in [2.24, 2.45) is 12.0 Å². The summed E-state index contributed by atoms with van der Waals surface area (Å²) in [5.41, 5.74) is 3.70. The van der Waals surface area contributed by atoms with Crippen LogP contribution in [0.1, 0.15) is 50.1 Å². The number of hydrogen-bond donors (Lipinski definition) is 2. The molecular formula is C19H37IN6. The average molecular weight is 476 g/mol. The smallest absolute Gasteiger partial charge is 0.191 e. The molecule has 1 aliphatic rings. The number of likely N-dealkylation sites (tertiary alicyclic amines) is 1. The zero-order chi connectivity index (χ0) is 18.4. The Bertz CT molecular complexity index is 583. The minimum Gasteiger partial charge on any atom is -0.355 e. The summed E-state index contributed by atoms with van der Waals surface area (Å²) >= 11 is 0. The van der Waals surface area contributed by atoms with Crippen LogP contribution in [0.5, 0.6) is 0 Å². The lowest BCUT2D eigenvalue weighted by Crippen LogP contribution is -2.50. The van der Waals surface area contributed by atoms with Crippen molar-refractivity contribution in [2.75, 3.05) is 26.7 Å². The Morgan fingerprint density at radius 2 is 2.08 bits per heavy atom. The first-order valence-corrected chi connectivity index (χ1v) is 9.66. The van der Waals surface area contributed by atoms with E-state index in [2.05, 4.69) is 53.3 Å². The van der Waals surface area contributed by atoms with Crippen LogP contribution < -0.4 is 10.6 Å². The van der Waals surface area contributed by atoms with Crippen molar-refractivity contribution in [2.45, 2.75) is 65.5 Å².